The van der Waals surface area contributed by atoms with Crippen LogP contribution in [0.1, 0.15) is 40.3 Å². The molecule has 1 aromatic rings. The molecule has 21 heavy (non-hydrogen) atoms. The summed E-state index contributed by atoms with van der Waals surface area (Å²) in [5.41, 5.74) is 1.09. The van der Waals surface area contributed by atoms with Crippen molar-refractivity contribution < 1.29 is 4.74 Å². The lowest BCUT2D eigenvalue weighted by Crippen LogP contribution is -2.35. The summed E-state index contributed by atoms with van der Waals surface area (Å²) in [5.74, 6) is 0. The summed E-state index contributed by atoms with van der Waals surface area (Å²) in [6, 6.07) is 0. The number of hydrogen-bond donors (Lipinski definition) is 1. The Hall–Kier alpha value is -0.980. The Balaban J connectivity index is 2.32. The Kier molecular flexibility index (Phi) is 7.85. The van der Waals surface area contributed by atoms with Crippen LogP contribution < -0.4 is 5.32 Å². The first-order valence-electron chi connectivity index (χ1n) is 7.88. The summed E-state index contributed by atoms with van der Waals surface area (Å²) in [4.78, 5) is 2.37. The van der Waals surface area contributed by atoms with Gasteiger partial charge in [0.2, 0.25) is 0 Å². The fraction of sp³-hybridized carbons (Fsp3) is 0.867. The molecule has 0 aliphatic heterocycles. The van der Waals surface area contributed by atoms with Crippen molar-refractivity contribution in [3.8, 4) is 0 Å². The van der Waals surface area contributed by atoms with Crippen molar-refractivity contribution in [3.05, 3.63) is 11.9 Å². The molecule has 0 aliphatic rings. The zero-order valence-corrected chi connectivity index (χ0v) is 14.2. The maximum absolute atomic E-state index is 5.40. The maximum atomic E-state index is 5.40. The van der Waals surface area contributed by atoms with Crippen molar-refractivity contribution in [2.24, 2.45) is 0 Å². The molecule has 6 nitrogen and oxygen atoms in total. The quantitative estimate of drug-likeness (QED) is 0.664. The van der Waals surface area contributed by atoms with Crippen LogP contribution in [0.25, 0.3) is 0 Å². The molecule has 0 saturated heterocycles. The van der Waals surface area contributed by atoms with Gasteiger partial charge in [0.1, 0.15) is 0 Å². The minimum Gasteiger partial charge on any atom is -0.380 e. The predicted octanol–water partition coefficient (Wildman–Crippen LogP) is 1.52. The van der Waals surface area contributed by atoms with Crippen LogP contribution in [0.3, 0.4) is 0 Å². The van der Waals surface area contributed by atoms with Crippen LogP contribution in [0.5, 0.6) is 0 Å². The van der Waals surface area contributed by atoms with Crippen molar-refractivity contribution >= 4 is 0 Å². The zero-order valence-electron chi connectivity index (χ0n) is 14.2. The van der Waals surface area contributed by atoms with Crippen molar-refractivity contribution in [2.45, 2.75) is 53.2 Å². The van der Waals surface area contributed by atoms with E-state index in [-0.39, 0.29) is 5.54 Å². The van der Waals surface area contributed by atoms with Gasteiger partial charge in [-0.1, -0.05) is 12.1 Å². The molecule has 0 fully saturated rings. The van der Waals surface area contributed by atoms with E-state index in [0.29, 0.717) is 0 Å². The normalized spacial score (nSPS) is 12.3. The lowest BCUT2D eigenvalue weighted by molar-refractivity contribution is 0.113. The maximum Gasteiger partial charge on any atom is 0.0965 e. The molecule has 1 heterocycles. The Morgan fingerprint density at radius 2 is 2.05 bits per heavy atom. The van der Waals surface area contributed by atoms with Gasteiger partial charge >= 0.3 is 0 Å². The van der Waals surface area contributed by atoms with E-state index in [1.54, 1.807) is 0 Å². The Morgan fingerprint density at radius 1 is 1.29 bits per heavy atom. The molecule has 0 bridgehead atoms. The van der Waals surface area contributed by atoms with Crippen LogP contribution in [-0.4, -0.2) is 58.3 Å². The van der Waals surface area contributed by atoms with E-state index in [0.717, 1.165) is 51.6 Å². The van der Waals surface area contributed by atoms with Gasteiger partial charge in [-0.05, 0) is 34.2 Å². The molecule has 0 saturated carbocycles. The largest absolute Gasteiger partial charge is 0.380 e. The zero-order chi connectivity index (χ0) is 15.7. The van der Waals surface area contributed by atoms with Crippen LogP contribution in [-0.2, 0) is 17.8 Å². The van der Waals surface area contributed by atoms with E-state index in [1.165, 1.54) is 0 Å². The highest BCUT2D eigenvalue weighted by molar-refractivity contribution is 4.93. The molecule has 0 aromatic carbocycles. The van der Waals surface area contributed by atoms with Crippen LogP contribution in [0, 0.1) is 0 Å². The highest BCUT2D eigenvalue weighted by atomic mass is 16.5. The molecule has 0 radical (unpaired) electrons. The Bertz CT molecular complexity index is 386. The third-order valence-corrected chi connectivity index (χ3v) is 3.23. The summed E-state index contributed by atoms with van der Waals surface area (Å²) in [7, 11) is 0. The van der Waals surface area contributed by atoms with Crippen LogP contribution in [0.15, 0.2) is 6.20 Å². The van der Waals surface area contributed by atoms with Gasteiger partial charge in [-0.2, -0.15) is 0 Å². The molecular weight excluding hydrogens is 266 g/mol. The summed E-state index contributed by atoms with van der Waals surface area (Å²) >= 11 is 0. The van der Waals surface area contributed by atoms with Gasteiger partial charge in [0.25, 0.3) is 0 Å². The van der Waals surface area contributed by atoms with E-state index in [9.17, 15) is 0 Å². The van der Waals surface area contributed by atoms with Gasteiger partial charge in [0, 0.05) is 38.0 Å². The Morgan fingerprint density at radius 3 is 2.67 bits per heavy atom. The summed E-state index contributed by atoms with van der Waals surface area (Å²) < 4.78 is 7.32. The van der Waals surface area contributed by atoms with E-state index in [2.05, 4.69) is 48.2 Å². The van der Waals surface area contributed by atoms with Gasteiger partial charge in [0.15, 0.2) is 0 Å². The van der Waals surface area contributed by atoms with Gasteiger partial charge < -0.3 is 10.1 Å². The van der Waals surface area contributed by atoms with Gasteiger partial charge in [-0.25, -0.2) is 0 Å². The number of ether oxygens (including phenoxy) is 1. The molecule has 1 aromatic heterocycles. The number of nitrogens with one attached hydrogen (secondary N) is 1. The van der Waals surface area contributed by atoms with E-state index >= 15 is 0 Å². The number of rotatable bonds is 10. The average Bonchev–Trinajstić information content (AvgIpc) is 2.88. The predicted molar refractivity (Wildman–Crippen MR) is 85.2 cm³/mol. The van der Waals surface area contributed by atoms with Gasteiger partial charge in [-0.15, -0.1) is 5.10 Å². The standard InChI is InChI=1S/C15H31N5O/c1-6-19(10-11-21-7-2)8-9-20-13-14(17-18-20)12-16-15(3,4)5/h13,16H,6-12H2,1-5H3. The summed E-state index contributed by atoms with van der Waals surface area (Å²) in [6.45, 7) is 16.8. The first kappa shape index (κ1) is 18.1. The molecule has 0 spiro atoms. The molecule has 122 valence electrons. The smallest absolute Gasteiger partial charge is 0.0965 e. The molecular formula is C15H31N5O. The van der Waals surface area contributed by atoms with Crippen LogP contribution in [0.2, 0.25) is 0 Å². The van der Waals surface area contributed by atoms with Gasteiger partial charge in [-0.3, -0.25) is 9.58 Å². The first-order chi connectivity index (χ1) is 9.94. The number of nitrogens with zero attached hydrogens (tertiary/aromatic N) is 4. The minimum absolute atomic E-state index is 0.0993. The summed E-state index contributed by atoms with van der Waals surface area (Å²) in [5, 5.41) is 11.8. The van der Waals surface area contributed by atoms with Gasteiger partial charge in [0.05, 0.1) is 18.8 Å². The Labute approximate surface area is 128 Å². The fourth-order valence-electron chi connectivity index (χ4n) is 1.89. The molecule has 1 N–H and O–H groups in total. The second-order valence-electron chi connectivity index (χ2n) is 6.21. The van der Waals surface area contributed by atoms with Crippen molar-refractivity contribution in [1.82, 2.24) is 25.2 Å². The van der Waals surface area contributed by atoms with Crippen LogP contribution in [0.4, 0.5) is 0 Å². The fourth-order valence-corrected chi connectivity index (χ4v) is 1.89. The molecule has 0 amide bonds. The molecule has 0 aliphatic carbocycles. The van der Waals surface area contributed by atoms with E-state index in [1.807, 2.05) is 17.8 Å². The van der Waals surface area contributed by atoms with Crippen LogP contribution >= 0.6 is 0 Å². The second-order valence-corrected chi connectivity index (χ2v) is 6.21. The summed E-state index contributed by atoms with van der Waals surface area (Å²) in [6.07, 6.45) is 2.02. The van der Waals surface area contributed by atoms with Crippen molar-refractivity contribution in [1.29, 1.82) is 0 Å². The monoisotopic (exact) mass is 297 g/mol. The lowest BCUT2D eigenvalue weighted by atomic mass is 10.1. The van der Waals surface area contributed by atoms with E-state index < -0.39 is 0 Å². The SMILES string of the molecule is CCOCCN(CC)CCn1cc(CNC(C)(C)C)nn1. The minimum atomic E-state index is 0.0993. The highest BCUT2D eigenvalue weighted by Gasteiger charge is 2.10. The number of hydrogen-bond acceptors (Lipinski definition) is 5. The number of likely N-dealkylation sites (N-methyl/N-ethyl adjacent to an activating group) is 1. The first-order valence-corrected chi connectivity index (χ1v) is 7.88. The molecule has 6 heteroatoms. The average molecular weight is 297 g/mol. The molecule has 0 atom stereocenters. The van der Waals surface area contributed by atoms with E-state index in [4.69, 9.17) is 4.74 Å². The third-order valence-electron chi connectivity index (χ3n) is 3.23. The van der Waals surface area contributed by atoms with Crippen molar-refractivity contribution in [3.63, 3.8) is 0 Å². The lowest BCUT2D eigenvalue weighted by Gasteiger charge is -2.20. The van der Waals surface area contributed by atoms with Crippen molar-refractivity contribution in [2.75, 3.05) is 32.8 Å². The molecule has 0 unspecified atom stereocenters. The highest BCUT2D eigenvalue weighted by Crippen LogP contribution is 2.02. The number of aromatic nitrogens is 3. The second kappa shape index (κ2) is 9.12. The third kappa shape index (κ3) is 8.14. The molecule has 1 rings (SSSR count). The topological polar surface area (TPSA) is 55.2 Å².